The zero-order chi connectivity index (χ0) is 13.3. The smallest absolute Gasteiger partial charge is 0.257 e. The monoisotopic (exact) mass is 251 g/mol. The molecule has 2 rings (SSSR count). The molecule has 98 valence electrons. The molecule has 4 heteroatoms. The molecule has 1 aromatic rings. The Labute approximate surface area is 106 Å². The van der Waals surface area contributed by atoms with Crippen molar-refractivity contribution in [3.63, 3.8) is 0 Å². The summed E-state index contributed by atoms with van der Waals surface area (Å²) in [6.07, 6.45) is 3.01. The van der Waals surface area contributed by atoms with E-state index in [0.717, 1.165) is 25.3 Å². The second kappa shape index (κ2) is 4.96. The van der Waals surface area contributed by atoms with Crippen molar-refractivity contribution in [3.05, 3.63) is 29.6 Å². The Balaban J connectivity index is 2.29. The lowest BCUT2D eigenvalue weighted by Gasteiger charge is -2.39. The predicted molar refractivity (Wildman–Crippen MR) is 67.0 cm³/mol. The van der Waals surface area contributed by atoms with Gasteiger partial charge >= 0.3 is 0 Å². The van der Waals surface area contributed by atoms with Crippen LogP contribution in [0.4, 0.5) is 4.39 Å². The van der Waals surface area contributed by atoms with Gasteiger partial charge in [0.1, 0.15) is 11.6 Å². The Hall–Kier alpha value is -1.58. The van der Waals surface area contributed by atoms with Crippen molar-refractivity contribution in [3.8, 4) is 5.75 Å². The van der Waals surface area contributed by atoms with Gasteiger partial charge < -0.3 is 10.0 Å². The summed E-state index contributed by atoms with van der Waals surface area (Å²) in [6.45, 7) is 3.98. The molecule has 1 aliphatic heterocycles. The first-order valence-corrected chi connectivity index (χ1v) is 6.32. The van der Waals surface area contributed by atoms with Gasteiger partial charge in [0.15, 0.2) is 0 Å². The number of aromatic hydroxyl groups is 1. The molecule has 0 spiro atoms. The predicted octanol–water partition coefficient (Wildman–Crippen LogP) is 2.93. The van der Waals surface area contributed by atoms with Crippen LogP contribution in [-0.4, -0.2) is 28.0 Å². The number of hydrogen-bond acceptors (Lipinski definition) is 2. The highest BCUT2D eigenvalue weighted by Gasteiger charge is 2.30. The quantitative estimate of drug-likeness (QED) is 0.833. The highest BCUT2D eigenvalue weighted by molar-refractivity contribution is 5.95. The van der Waals surface area contributed by atoms with Gasteiger partial charge in [-0.3, -0.25) is 4.79 Å². The van der Waals surface area contributed by atoms with Crippen molar-refractivity contribution in [1.29, 1.82) is 0 Å². The number of piperidine rings is 1. The van der Waals surface area contributed by atoms with E-state index < -0.39 is 5.82 Å². The summed E-state index contributed by atoms with van der Waals surface area (Å²) >= 11 is 0. The van der Waals surface area contributed by atoms with Gasteiger partial charge in [-0.1, -0.05) is 0 Å². The third-order valence-corrected chi connectivity index (χ3v) is 3.61. The van der Waals surface area contributed by atoms with Gasteiger partial charge in [0.05, 0.1) is 5.56 Å². The lowest BCUT2D eigenvalue weighted by atomic mass is 9.96. The van der Waals surface area contributed by atoms with Gasteiger partial charge in [0.25, 0.3) is 5.91 Å². The molecule has 0 aliphatic carbocycles. The third kappa shape index (κ3) is 2.33. The molecule has 0 bridgehead atoms. The maximum Gasteiger partial charge on any atom is 0.257 e. The standard InChI is InChI=1S/C14H18FNO2/c1-9-4-3-5-10(2)16(9)14(18)12-7-6-11(17)8-13(12)15/h6-10,17H,3-5H2,1-2H3/t9-,10+. The maximum absolute atomic E-state index is 13.7. The van der Waals surface area contributed by atoms with Crippen LogP contribution >= 0.6 is 0 Å². The summed E-state index contributed by atoms with van der Waals surface area (Å²) in [5, 5.41) is 9.17. The molecule has 0 unspecified atom stereocenters. The zero-order valence-electron chi connectivity index (χ0n) is 10.7. The average Bonchev–Trinajstić information content (AvgIpc) is 2.28. The number of likely N-dealkylation sites (tertiary alicyclic amines) is 1. The topological polar surface area (TPSA) is 40.5 Å². The maximum atomic E-state index is 13.7. The second-order valence-corrected chi connectivity index (χ2v) is 5.01. The molecule has 1 aliphatic rings. The molecule has 1 amide bonds. The van der Waals surface area contributed by atoms with Crippen LogP contribution in [0.25, 0.3) is 0 Å². The van der Waals surface area contributed by atoms with E-state index in [1.54, 1.807) is 4.90 Å². The fourth-order valence-electron chi connectivity index (χ4n) is 2.64. The van der Waals surface area contributed by atoms with Crippen LogP contribution in [0.2, 0.25) is 0 Å². The fraction of sp³-hybridized carbons (Fsp3) is 0.500. The number of nitrogens with zero attached hydrogens (tertiary/aromatic N) is 1. The summed E-state index contributed by atoms with van der Waals surface area (Å²) in [4.78, 5) is 14.1. The molecule has 18 heavy (non-hydrogen) atoms. The second-order valence-electron chi connectivity index (χ2n) is 5.01. The summed E-state index contributed by atoms with van der Waals surface area (Å²) in [7, 11) is 0. The summed E-state index contributed by atoms with van der Waals surface area (Å²) in [5.41, 5.74) is 0.0356. The summed E-state index contributed by atoms with van der Waals surface area (Å²) < 4.78 is 13.7. The number of rotatable bonds is 1. The summed E-state index contributed by atoms with van der Waals surface area (Å²) in [5.74, 6) is -1.11. The largest absolute Gasteiger partial charge is 0.508 e. The molecule has 3 nitrogen and oxygen atoms in total. The SMILES string of the molecule is C[C@@H]1CCC[C@H](C)N1C(=O)c1ccc(O)cc1F. The van der Waals surface area contributed by atoms with Crippen LogP contribution in [-0.2, 0) is 0 Å². The first-order chi connectivity index (χ1) is 8.50. The Morgan fingerprint density at radius 3 is 2.50 bits per heavy atom. The minimum atomic E-state index is -0.662. The first-order valence-electron chi connectivity index (χ1n) is 6.32. The Kier molecular flexibility index (Phi) is 3.55. The van der Waals surface area contributed by atoms with E-state index in [9.17, 15) is 9.18 Å². The zero-order valence-corrected chi connectivity index (χ0v) is 10.7. The number of carbonyl (C=O) groups excluding carboxylic acids is 1. The van der Waals surface area contributed by atoms with E-state index in [2.05, 4.69) is 0 Å². The molecule has 1 aromatic carbocycles. The van der Waals surface area contributed by atoms with E-state index in [1.807, 2.05) is 13.8 Å². The Bertz CT molecular complexity index is 451. The minimum Gasteiger partial charge on any atom is -0.508 e. The van der Waals surface area contributed by atoms with Crippen LogP contribution in [0, 0.1) is 5.82 Å². The summed E-state index contributed by atoms with van der Waals surface area (Å²) in [6, 6.07) is 3.94. The number of halogens is 1. The van der Waals surface area contributed by atoms with Crippen LogP contribution < -0.4 is 0 Å². The third-order valence-electron chi connectivity index (χ3n) is 3.61. The molecule has 0 aromatic heterocycles. The van der Waals surface area contributed by atoms with Crippen molar-refractivity contribution in [2.75, 3.05) is 0 Å². The lowest BCUT2D eigenvalue weighted by Crippen LogP contribution is -2.47. The molecular weight excluding hydrogens is 233 g/mol. The van der Waals surface area contributed by atoms with Crippen LogP contribution in [0.5, 0.6) is 5.75 Å². The molecule has 1 saturated heterocycles. The fourth-order valence-corrected chi connectivity index (χ4v) is 2.64. The van der Waals surface area contributed by atoms with E-state index in [0.29, 0.717) is 0 Å². The van der Waals surface area contributed by atoms with Gasteiger partial charge in [-0.2, -0.15) is 0 Å². The van der Waals surface area contributed by atoms with E-state index >= 15 is 0 Å². The van der Waals surface area contributed by atoms with Crippen LogP contribution in [0.3, 0.4) is 0 Å². The van der Waals surface area contributed by atoms with Crippen molar-refractivity contribution < 1.29 is 14.3 Å². The van der Waals surface area contributed by atoms with E-state index in [1.165, 1.54) is 12.1 Å². The molecule has 1 heterocycles. The van der Waals surface area contributed by atoms with Crippen LogP contribution in [0.15, 0.2) is 18.2 Å². The molecule has 0 radical (unpaired) electrons. The van der Waals surface area contributed by atoms with Gasteiger partial charge in [-0.25, -0.2) is 4.39 Å². The molecule has 2 atom stereocenters. The number of hydrogen-bond donors (Lipinski definition) is 1. The number of carbonyl (C=O) groups is 1. The number of phenols is 1. The van der Waals surface area contributed by atoms with E-state index in [-0.39, 0.29) is 29.3 Å². The average molecular weight is 251 g/mol. The van der Waals surface area contributed by atoms with Crippen molar-refractivity contribution in [2.24, 2.45) is 0 Å². The van der Waals surface area contributed by atoms with Gasteiger partial charge in [-0.05, 0) is 45.2 Å². The normalized spacial score (nSPS) is 24.1. The molecule has 1 fully saturated rings. The van der Waals surface area contributed by atoms with Crippen molar-refractivity contribution >= 4 is 5.91 Å². The highest BCUT2D eigenvalue weighted by atomic mass is 19.1. The van der Waals surface area contributed by atoms with E-state index in [4.69, 9.17) is 5.11 Å². The number of phenolic OH excluding ortho intramolecular Hbond substituents is 1. The lowest BCUT2D eigenvalue weighted by molar-refractivity contribution is 0.0506. The molecule has 0 saturated carbocycles. The Morgan fingerprint density at radius 2 is 1.94 bits per heavy atom. The van der Waals surface area contributed by atoms with Crippen LogP contribution in [0.1, 0.15) is 43.5 Å². The van der Waals surface area contributed by atoms with Gasteiger partial charge in [-0.15, -0.1) is 0 Å². The van der Waals surface area contributed by atoms with Crippen molar-refractivity contribution in [2.45, 2.75) is 45.2 Å². The number of amides is 1. The van der Waals surface area contributed by atoms with Crippen molar-refractivity contribution in [1.82, 2.24) is 4.90 Å². The first kappa shape index (κ1) is 12.9. The van der Waals surface area contributed by atoms with Gasteiger partial charge in [0.2, 0.25) is 0 Å². The Morgan fingerprint density at radius 1 is 1.33 bits per heavy atom. The highest BCUT2D eigenvalue weighted by Crippen LogP contribution is 2.26. The number of benzene rings is 1. The molecule has 1 N–H and O–H groups in total. The molecular formula is C14H18FNO2. The van der Waals surface area contributed by atoms with Gasteiger partial charge in [0, 0.05) is 18.2 Å². The minimum absolute atomic E-state index is 0.0356.